The van der Waals surface area contributed by atoms with Crippen molar-refractivity contribution >= 4 is 46.7 Å². The summed E-state index contributed by atoms with van der Waals surface area (Å²) in [6.07, 6.45) is 2.36. The van der Waals surface area contributed by atoms with Crippen LogP contribution < -0.4 is 14.3 Å². The molecule has 3 heterocycles. The fraction of sp³-hybridized carbons (Fsp3) is 0.250. The average molecular weight is 465 g/mol. The molecule has 1 aliphatic heterocycles. The van der Waals surface area contributed by atoms with Gasteiger partial charge in [0.15, 0.2) is 16.3 Å². The zero-order valence-corrected chi connectivity index (χ0v) is 18.9. The third-order valence-corrected chi connectivity index (χ3v) is 6.39. The minimum absolute atomic E-state index is 0. The van der Waals surface area contributed by atoms with Gasteiger partial charge in [0.2, 0.25) is 0 Å². The Morgan fingerprint density at radius 1 is 1.20 bits per heavy atom. The molecule has 1 atom stereocenters. The Labute approximate surface area is 188 Å². The summed E-state index contributed by atoms with van der Waals surface area (Å²) in [6, 6.07) is 9.42. The predicted octanol–water partition coefficient (Wildman–Crippen LogP) is 3.91. The first-order valence-electron chi connectivity index (χ1n) is 8.94. The molecule has 1 amide bonds. The molecule has 1 N–H and O–H groups in total. The first-order chi connectivity index (χ1) is 14.1. The number of carbonyl (C=O) groups is 1. The van der Waals surface area contributed by atoms with Crippen LogP contribution in [0.3, 0.4) is 0 Å². The lowest BCUT2D eigenvalue weighted by Gasteiger charge is -2.23. The fourth-order valence-electron chi connectivity index (χ4n) is 3.30. The lowest BCUT2D eigenvalue weighted by atomic mass is 10.0. The van der Waals surface area contributed by atoms with Crippen LogP contribution in [0, 0.1) is 5.41 Å². The smallest absolute Gasteiger partial charge is 0.263 e. The second kappa shape index (κ2) is 9.46. The van der Waals surface area contributed by atoms with E-state index in [1.54, 1.807) is 46.7 Å². The van der Waals surface area contributed by atoms with Gasteiger partial charge in [0.25, 0.3) is 5.91 Å². The van der Waals surface area contributed by atoms with Crippen LogP contribution in [0.4, 0.5) is 0 Å². The number of halogens is 1. The molecule has 158 valence electrons. The number of thiophene rings is 1. The van der Waals surface area contributed by atoms with E-state index in [2.05, 4.69) is 5.10 Å². The van der Waals surface area contributed by atoms with Gasteiger partial charge in [0, 0.05) is 18.0 Å². The van der Waals surface area contributed by atoms with Crippen LogP contribution in [0.25, 0.3) is 0 Å². The Morgan fingerprint density at radius 3 is 2.63 bits per heavy atom. The minimum Gasteiger partial charge on any atom is -0.493 e. The Kier molecular flexibility index (Phi) is 6.96. The van der Waals surface area contributed by atoms with Crippen LogP contribution in [-0.2, 0) is 11.3 Å². The number of nitrogens with zero attached hydrogens (tertiary/aromatic N) is 3. The SMILES string of the molecule is COc1ccc(C2CC(c3cccs3)=NN2C(=O)Cn2ccsc2=N)cc1OC.Cl. The lowest BCUT2D eigenvalue weighted by Crippen LogP contribution is -2.32. The van der Waals surface area contributed by atoms with Crippen LogP contribution in [-0.4, -0.2) is 35.4 Å². The third kappa shape index (κ3) is 4.28. The lowest BCUT2D eigenvalue weighted by molar-refractivity contribution is -0.133. The monoisotopic (exact) mass is 464 g/mol. The summed E-state index contributed by atoms with van der Waals surface area (Å²) in [4.78, 5) is 14.5. The van der Waals surface area contributed by atoms with E-state index in [1.165, 1.54) is 11.3 Å². The maximum atomic E-state index is 13.1. The fourth-order valence-corrected chi connectivity index (χ4v) is 4.62. The number of nitrogens with one attached hydrogen (secondary N) is 1. The molecule has 0 radical (unpaired) electrons. The number of hydrazone groups is 1. The Balaban J connectivity index is 0.00000256. The molecule has 30 heavy (non-hydrogen) atoms. The predicted molar refractivity (Wildman–Crippen MR) is 120 cm³/mol. The van der Waals surface area contributed by atoms with Gasteiger partial charge in [-0.05, 0) is 29.1 Å². The van der Waals surface area contributed by atoms with Gasteiger partial charge in [-0.1, -0.05) is 12.1 Å². The Morgan fingerprint density at radius 2 is 2.00 bits per heavy atom. The van der Waals surface area contributed by atoms with Gasteiger partial charge in [0.05, 0.1) is 30.9 Å². The summed E-state index contributed by atoms with van der Waals surface area (Å²) < 4.78 is 12.4. The van der Waals surface area contributed by atoms with E-state index in [9.17, 15) is 4.79 Å². The molecule has 0 spiro atoms. The summed E-state index contributed by atoms with van der Waals surface area (Å²) in [7, 11) is 3.19. The van der Waals surface area contributed by atoms with Crippen LogP contribution >= 0.6 is 35.1 Å². The molecular formula is C20H21ClN4O3S2. The van der Waals surface area contributed by atoms with Crippen molar-refractivity contribution in [3.8, 4) is 11.5 Å². The van der Waals surface area contributed by atoms with E-state index in [4.69, 9.17) is 14.9 Å². The van der Waals surface area contributed by atoms with Crippen molar-refractivity contribution in [3.05, 3.63) is 62.5 Å². The molecule has 0 saturated heterocycles. The normalized spacial score (nSPS) is 15.5. The molecule has 10 heteroatoms. The number of aromatic nitrogens is 1. The number of hydrogen-bond acceptors (Lipinski definition) is 7. The molecule has 3 aromatic rings. The molecule has 1 unspecified atom stereocenters. The number of thiazole rings is 1. The largest absolute Gasteiger partial charge is 0.493 e. The van der Waals surface area contributed by atoms with E-state index in [0.29, 0.717) is 22.7 Å². The average Bonchev–Trinajstić information content (AvgIpc) is 3.48. The molecular weight excluding hydrogens is 444 g/mol. The molecule has 0 fully saturated rings. The maximum absolute atomic E-state index is 13.1. The summed E-state index contributed by atoms with van der Waals surface area (Å²) in [5.41, 5.74) is 1.81. The van der Waals surface area contributed by atoms with Gasteiger partial charge in [-0.25, -0.2) is 5.01 Å². The van der Waals surface area contributed by atoms with E-state index in [0.717, 1.165) is 16.2 Å². The maximum Gasteiger partial charge on any atom is 0.263 e. The highest BCUT2D eigenvalue weighted by Gasteiger charge is 2.34. The second-order valence-corrected chi connectivity index (χ2v) is 8.27. The van der Waals surface area contributed by atoms with Crippen LogP contribution in [0.5, 0.6) is 11.5 Å². The highest BCUT2D eigenvalue weighted by Crippen LogP contribution is 2.37. The molecule has 0 saturated carbocycles. The quantitative estimate of drug-likeness (QED) is 0.600. The van der Waals surface area contributed by atoms with Gasteiger partial charge >= 0.3 is 0 Å². The number of methoxy groups -OCH3 is 2. The van der Waals surface area contributed by atoms with Gasteiger partial charge in [-0.15, -0.1) is 35.1 Å². The first kappa shape index (κ1) is 22.1. The van der Waals surface area contributed by atoms with E-state index in [1.807, 2.05) is 35.7 Å². The van der Waals surface area contributed by atoms with Crippen molar-refractivity contribution in [1.29, 1.82) is 5.41 Å². The minimum atomic E-state index is -0.243. The van der Waals surface area contributed by atoms with Crippen molar-refractivity contribution in [2.24, 2.45) is 5.10 Å². The summed E-state index contributed by atoms with van der Waals surface area (Å²) in [5.74, 6) is 1.09. The van der Waals surface area contributed by atoms with Crippen molar-refractivity contribution in [3.63, 3.8) is 0 Å². The number of ether oxygens (including phenoxy) is 2. The van der Waals surface area contributed by atoms with E-state index < -0.39 is 0 Å². The van der Waals surface area contributed by atoms with Gasteiger partial charge < -0.3 is 14.0 Å². The zero-order valence-electron chi connectivity index (χ0n) is 16.4. The van der Waals surface area contributed by atoms with Gasteiger partial charge in [-0.2, -0.15) is 5.10 Å². The van der Waals surface area contributed by atoms with Crippen LogP contribution in [0.15, 0.2) is 52.4 Å². The molecule has 4 rings (SSSR count). The molecule has 0 bridgehead atoms. The second-order valence-electron chi connectivity index (χ2n) is 6.43. The topological polar surface area (TPSA) is 79.9 Å². The highest BCUT2D eigenvalue weighted by atomic mass is 35.5. The number of amides is 1. The molecule has 1 aromatic carbocycles. The Bertz CT molecular complexity index is 1110. The van der Waals surface area contributed by atoms with Crippen molar-refractivity contribution in [1.82, 2.24) is 9.58 Å². The molecule has 1 aliphatic rings. The Hall–Kier alpha value is -2.62. The number of rotatable bonds is 6. The molecule has 0 aliphatic carbocycles. The summed E-state index contributed by atoms with van der Waals surface area (Å²) in [6.45, 7) is 0.0767. The van der Waals surface area contributed by atoms with Crippen molar-refractivity contribution < 1.29 is 14.3 Å². The molecule has 2 aromatic heterocycles. The number of hydrogen-bond donors (Lipinski definition) is 1. The van der Waals surface area contributed by atoms with E-state index in [-0.39, 0.29) is 30.9 Å². The zero-order chi connectivity index (χ0) is 20.4. The van der Waals surface area contributed by atoms with Crippen molar-refractivity contribution in [2.45, 2.75) is 19.0 Å². The summed E-state index contributed by atoms with van der Waals surface area (Å²) in [5, 5.41) is 17.9. The standard InChI is InChI=1S/C20H20N4O3S2.ClH/c1-26-16-6-5-13(10-17(16)27-2)15-11-14(18-4-3-8-28-18)22-24(15)19(25)12-23-7-9-29-20(23)21;/h3-10,15,21H,11-12H2,1-2H3;1H. The molecule has 7 nitrogen and oxygen atoms in total. The van der Waals surface area contributed by atoms with Crippen molar-refractivity contribution in [2.75, 3.05) is 14.2 Å². The van der Waals surface area contributed by atoms with E-state index >= 15 is 0 Å². The van der Waals surface area contributed by atoms with Gasteiger partial charge in [0.1, 0.15) is 6.54 Å². The summed E-state index contributed by atoms with van der Waals surface area (Å²) >= 11 is 2.89. The third-order valence-electron chi connectivity index (χ3n) is 4.75. The highest BCUT2D eigenvalue weighted by molar-refractivity contribution is 7.12. The first-order valence-corrected chi connectivity index (χ1v) is 10.7. The van der Waals surface area contributed by atoms with Crippen LogP contribution in [0.1, 0.15) is 22.9 Å². The van der Waals surface area contributed by atoms with Crippen LogP contribution in [0.2, 0.25) is 0 Å². The number of benzene rings is 1. The van der Waals surface area contributed by atoms with Gasteiger partial charge in [-0.3, -0.25) is 10.2 Å². The number of carbonyl (C=O) groups excluding carboxylic acids is 1.